The quantitative estimate of drug-likeness (QED) is 0.186. The third-order valence-electron chi connectivity index (χ3n) is 6.43. The third kappa shape index (κ3) is 7.95. The van der Waals surface area contributed by atoms with Gasteiger partial charge in [-0.3, -0.25) is 0 Å². The van der Waals surface area contributed by atoms with E-state index in [1.807, 2.05) is 43.3 Å². The summed E-state index contributed by atoms with van der Waals surface area (Å²) in [6, 6.07) is 20.1. The Balaban J connectivity index is 1.85. The van der Waals surface area contributed by atoms with Crippen LogP contribution in [0.15, 0.2) is 60.7 Å². The maximum absolute atomic E-state index is 13.3. The number of unbranched alkanes of at least 4 members (excludes halogenated alkanes) is 2. The van der Waals surface area contributed by atoms with Gasteiger partial charge in [-0.1, -0.05) is 100 Å². The lowest BCUT2D eigenvalue weighted by Gasteiger charge is -2.45. The van der Waals surface area contributed by atoms with Crippen molar-refractivity contribution in [3.8, 4) is 11.2 Å². The number of nitrogens with one attached hydrogen (secondary N) is 1. The molecule has 0 aliphatic carbocycles. The second-order valence-corrected chi connectivity index (χ2v) is 12.8. The smallest absolute Gasteiger partial charge is 0.377 e. The molecule has 190 valence electrons. The number of hydrogen-bond acceptors (Lipinski definition) is 6. The minimum Gasteiger partial charge on any atom is -0.377 e. The van der Waals surface area contributed by atoms with Crippen LogP contribution in [0.4, 0.5) is 0 Å². The molecule has 2 N–H and O–H groups in total. The van der Waals surface area contributed by atoms with Gasteiger partial charge in [0, 0.05) is 35.8 Å². The zero-order valence-corrected chi connectivity index (χ0v) is 22.7. The average Bonchev–Trinajstić information content (AvgIpc) is 2.87. The molecule has 5 nitrogen and oxygen atoms in total. The van der Waals surface area contributed by atoms with E-state index in [1.165, 1.54) is 0 Å². The Morgan fingerprint density at radius 2 is 1.54 bits per heavy atom. The first-order valence-corrected chi connectivity index (χ1v) is 15.6. The summed E-state index contributed by atoms with van der Waals surface area (Å²) in [6.45, 7) is 3.43. The van der Waals surface area contributed by atoms with Gasteiger partial charge in [0.25, 0.3) is 0 Å². The SMILES string of the molecule is CCCCOP(=O)(OCCCC)SC#C[C@]1(O)C[C@H](c2ccccc2)N[C@H](c2ccccc2)[C@H]1C. The number of piperidine rings is 1. The maximum atomic E-state index is 13.3. The molecule has 3 rings (SSSR count). The largest absolute Gasteiger partial charge is 0.401 e. The number of aliphatic hydroxyl groups is 1. The van der Waals surface area contributed by atoms with Crippen LogP contribution in [0.25, 0.3) is 0 Å². The van der Waals surface area contributed by atoms with E-state index >= 15 is 0 Å². The number of hydrogen-bond donors (Lipinski definition) is 2. The van der Waals surface area contributed by atoms with Gasteiger partial charge in [-0.25, -0.2) is 4.57 Å². The molecular formula is C28H38NO4PS. The zero-order valence-electron chi connectivity index (χ0n) is 21.0. The van der Waals surface area contributed by atoms with E-state index in [9.17, 15) is 9.67 Å². The van der Waals surface area contributed by atoms with Crippen LogP contribution < -0.4 is 5.32 Å². The van der Waals surface area contributed by atoms with E-state index in [-0.39, 0.29) is 18.0 Å². The number of rotatable bonds is 11. The van der Waals surface area contributed by atoms with E-state index in [1.54, 1.807) is 0 Å². The van der Waals surface area contributed by atoms with Gasteiger partial charge in [0.1, 0.15) is 5.60 Å². The van der Waals surface area contributed by atoms with Gasteiger partial charge in [-0.05, 0) is 29.2 Å². The second kappa shape index (κ2) is 13.7. The highest BCUT2D eigenvalue weighted by molar-refractivity contribution is 8.57. The summed E-state index contributed by atoms with van der Waals surface area (Å²) in [5.41, 5.74) is 0.923. The summed E-state index contributed by atoms with van der Waals surface area (Å²) in [7, 11) is 0. The minimum absolute atomic E-state index is 0.0738. The maximum Gasteiger partial charge on any atom is 0.401 e. The molecule has 4 atom stereocenters. The molecule has 1 heterocycles. The fraction of sp³-hybridized carbons (Fsp3) is 0.500. The molecule has 1 aliphatic heterocycles. The first-order valence-electron chi connectivity index (χ1n) is 12.6. The molecule has 1 saturated heterocycles. The van der Waals surface area contributed by atoms with Crippen LogP contribution in [-0.2, 0) is 13.6 Å². The summed E-state index contributed by atoms with van der Waals surface area (Å²) >= 11 is 0.883. The summed E-state index contributed by atoms with van der Waals surface area (Å²) < 4.78 is 24.6. The lowest BCUT2D eigenvalue weighted by atomic mass is 9.72. The molecule has 1 fully saturated rings. The van der Waals surface area contributed by atoms with E-state index < -0.39 is 12.4 Å². The number of benzene rings is 2. The van der Waals surface area contributed by atoms with E-state index in [2.05, 4.69) is 54.6 Å². The average molecular weight is 516 g/mol. The monoisotopic (exact) mass is 515 g/mol. The summed E-state index contributed by atoms with van der Waals surface area (Å²) in [5.74, 6) is 2.89. The zero-order chi connectivity index (χ0) is 25.2. The lowest BCUT2D eigenvalue weighted by molar-refractivity contribution is -0.0196. The van der Waals surface area contributed by atoms with Crippen molar-refractivity contribution >= 4 is 18.2 Å². The molecular weight excluding hydrogens is 477 g/mol. The Morgan fingerprint density at radius 1 is 1.00 bits per heavy atom. The van der Waals surface area contributed by atoms with Crippen LogP contribution in [0.3, 0.4) is 0 Å². The van der Waals surface area contributed by atoms with Crippen molar-refractivity contribution in [2.75, 3.05) is 13.2 Å². The highest BCUT2D eigenvalue weighted by Gasteiger charge is 2.45. The predicted molar refractivity (Wildman–Crippen MR) is 145 cm³/mol. The van der Waals surface area contributed by atoms with Gasteiger partial charge in [-0.2, -0.15) is 0 Å². The van der Waals surface area contributed by atoms with Crippen molar-refractivity contribution in [1.82, 2.24) is 5.32 Å². The van der Waals surface area contributed by atoms with Gasteiger partial charge < -0.3 is 19.5 Å². The summed E-state index contributed by atoms with van der Waals surface area (Å²) in [5, 5.41) is 18.5. The van der Waals surface area contributed by atoms with Crippen LogP contribution in [-0.4, -0.2) is 23.9 Å². The van der Waals surface area contributed by atoms with E-state index in [4.69, 9.17) is 9.05 Å². The Hall–Kier alpha value is -1.58. The Morgan fingerprint density at radius 3 is 2.09 bits per heavy atom. The lowest BCUT2D eigenvalue weighted by Crippen LogP contribution is -2.51. The van der Waals surface area contributed by atoms with Gasteiger partial charge >= 0.3 is 6.80 Å². The first-order chi connectivity index (χ1) is 16.9. The van der Waals surface area contributed by atoms with Gasteiger partial charge in [0.15, 0.2) is 0 Å². The second-order valence-electron chi connectivity index (χ2n) is 9.07. The fourth-order valence-corrected chi connectivity index (χ4v) is 6.66. The Labute approximate surface area is 214 Å². The molecule has 0 radical (unpaired) electrons. The minimum atomic E-state index is -3.43. The highest BCUT2D eigenvalue weighted by atomic mass is 32.7. The van der Waals surface area contributed by atoms with Gasteiger partial charge in [0.05, 0.1) is 13.2 Å². The standard InChI is InChI=1S/C28H38NO4PS/c1-4-6-19-32-34(31,33-20-7-5-2)35-21-18-28(30)22-26(24-14-10-8-11-15-24)29-27(23(28)3)25-16-12-9-13-17-25/h8-17,23,26-27,29-30H,4-7,19-20,22H2,1-3H3/t23-,26-,27+,28+/m1/s1. The molecule has 1 aliphatic rings. The van der Waals surface area contributed by atoms with Crippen molar-refractivity contribution in [1.29, 1.82) is 0 Å². The van der Waals surface area contributed by atoms with Crippen molar-refractivity contribution in [2.24, 2.45) is 5.92 Å². The van der Waals surface area contributed by atoms with Crippen LogP contribution in [0, 0.1) is 17.1 Å². The molecule has 7 heteroatoms. The molecule has 0 saturated carbocycles. The van der Waals surface area contributed by atoms with Crippen LogP contribution >= 0.6 is 18.2 Å². The van der Waals surface area contributed by atoms with Crippen molar-refractivity contribution in [3.63, 3.8) is 0 Å². The highest BCUT2D eigenvalue weighted by Crippen LogP contribution is 2.60. The van der Waals surface area contributed by atoms with E-state index in [0.717, 1.165) is 48.2 Å². The Bertz CT molecular complexity index is 996. The molecule has 2 aromatic carbocycles. The van der Waals surface area contributed by atoms with Gasteiger partial charge in [-0.15, -0.1) is 0 Å². The van der Waals surface area contributed by atoms with Crippen LogP contribution in [0.1, 0.15) is 76.1 Å². The first kappa shape index (κ1) is 28.0. The molecule has 0 amide bonds. The fourth-order valence-electron chi connectivity index (χ4n) is 4.20. The molecule has 35 heavy (non-hydrogen) atoms. The topological polar surface area (TPSA) is 67.8 Å². The van der Waals surface area contributed by atoms with Crippen LogP contribution in [0.2, 0.25) is 0 Å². The molecule has 0 bridgehead atoms. The molecule has 2 aromatic rings. The van der Waals surface area contributed by atoms with E-state index in [0.29, 0.717) is 19.6 Å². The summed E-state index contributed by atoms with van der Waals surface area (Å²) in [6.07, 6.45) is 3.92. The van der Waals surface area contributed by atoms with Gasteiger partial charge in [0.2, 0.25) is 0 Å². The normalized spacial score (nSPS) is 24.5. The van der Waals surface area contributed by atoms with Crippen molar-refractivity contribution in [2.45, 2.75) is 70.6 Å². The summed E-state index contributed by atoms with van der Waals surface area (Å²) in [4.78, 5) is 0. The molecule has 0 aromatic heterocycles. The Kier molecular flexibility index (Phi) is 10.9. The molecule has 0 spiro atoms. The molecule has 0 unspecified atom stereocenters. The third-order valence-corrected chi connectivity index (χ3v) is 9.42. The van der Waals surface area contributed by atoms with Crippen LogP contribution in [0.5, 0.6) is 0 Å². The predicted octanol–water partition coefficient (Wildman–Crippen LogP) is 7.27. The van der Waals surface area contributed by atoms with Crippen molar-refractivity contribution in [3.05, 3.63) is 71.8 Å². The van der Waals surface area contributed by atoms with Crippen molar-refractivity contribution < 1.29 is 18.7 Å².